The second-order valence-corrected chi connectivity index (χ2v) is 3.91. The van der Waals surface area contributed by atoms with Crippen LogP contribution in [-0.4, -0.2) is 6.54 Å². The van der Waals surface area contributed by atoms with Gasteiger partial charge in [0.05, 0.1) is 0 Å². The van der Waals surface area contributed by atoms with Gasteiger partial charge in [-0.2, -0.15) is 0 Å². The molecule has 0 radical (unpaired) electrons. The van der Waals surface area contributed by atoms with Crippen LogP contribution in [0.5, 0.6) is 0 Å². The summed E-state index contributed by atoms with van der Waals surface area (Å²) in [7, 11) is 0. The normalized spacial score (nSPS) is 10.3. The van der Waals surface area contributed by atoms with Gasteiger partial charge in [-0.05, 0) is 56.0 Å². The number of nitrogens with two attached hydrogens (primary N) is 1. The Morgan fingerprint density at radius 3 is 2.43 bits per heavy atom. The zero-order chi connectivity index (χ0) is 10.7. The molecular formula is C13H19N. The highest BCUT2D eigenvalue weighted by molar-refractivity contribution is 5.65. The van der Waals surface area contributed by atoms with Crippen LogP contribution in [-0.2, 0) is 6.42 Å². The van der Waals surface area contributed by atoms with E-state index in [1.165, 1.54) is 22.3 Å². The molecule has 0 spiro atoms. The van der Waals surface area contributed by atoms with Crippen LogP contribution in [0, 0.1) is 13.8 Å². The van der Waals surface area contributed by atoms with Crippen molar-refractivity contribution in [1.29, 1.82) is 0 Å². The van der Waals surface area contributed by atoms with Crippen molar-refractivity contribution in [2.75, 3.05) is 6.54 Å². The molecule has 2 N–H and O–H groups in total. The number of hydrogen-bond acceptors (Lipinski definition) is 1. The number of benzene rings is 1. The Morgan fingerprint density at radius 1 is 1.29 bits per heavy atom. The van der Waals surface area contributed by atoms with Crippen molar-refractivity contribution in [3.8, 4) is 0 Å². The van der Waals surface area contributed by atoms with Gasteiger partial charge in [-0.3, -0.25) is 0 Å². The van der Waals surface area contributed by atoms with E-state index < -0.39 is 0 Å². The standard InChI is InChI=1S/C13H19N/c1-9(2)13-8-12(5-6-14)10(3)7-11(13)4/h7-8H,1,5-6,14H2,2-4H3. The molecule has 14 heavy (non-hydrogen) atoms. The van der Waals surface area contributed by atoms with Gasteiger partial charge in [0.25, 0.3) is 0 Å². The molecule has 0 bridgehead atoms. The van der Waals surface area contributed by atoms with Gasteiger partial charge in [0, 0.05) is 0 Å². The first-order valence-electron chi connectivity index (χ1n) is 5.02. The van der Waals surface area contributed by atoms with E-state index in [2.05, 4.69) is 32.6 Å². The molecule has 0 aliphatic rings. The highest BCUT2D eigenvalue weighted by Crippen LogP contribution is 2.21. The van der Waals surface area contributed by atoms with Crippen molar-refractivity contribution in [1.82, 2.24) is 0 Å². The molecule has 76 valence electrons. The molecule has 0 atom stereocenters. The Balaban J connectivity index is 3.20. The van der Waals surface area contributed by atoms with Gasteiger partial charge in [0.15, 0.2) is 0 Å². The van der Waals surface area contributed by atoms with Crippen molar-refractivity contribution >= 4 is 5.57 Å². The van der Waals surface area contributed by atoms with Crippen molar-refractivity contribution in [3.05, 3.63) is 41.0 Å². The highest BCUT2D eigenvalue weighted by atomic mass is 14.5. The second-order valence-electron chi connectivity index (χ2n) is 3.91. The molecule has 0 aliphatic carbocycles. The van der Waals surface area contributed by atoms with Crippen molar-refractivity contribution < 1.29 is 0 Å². The maximum Gasteiger partial charge on any atom is -0.00366 e. The minimum absolute atomic E-state index is 0.708. The van der Waals surface area contributed by atoms with Crippen LogP contribution < -0.4 is 5.73 Å². The fraction of sp³-hybridized carbons (Fsp3) is 0.385. The molecule has 0 saturated heterocycles. The lowest BCUT2D eigenvalue weighted by molar-refractivity contribution is 0.955. The number of hydrogen-bond donors (Lipinski definition) is 1. The Hall–Kier alpha value is -1.08. The van der Waals surface area contributed by atoms with Crippen LogP contribution >= 0.6 is 0 Å². The van der Waals surface area contributed by atoms with Crippen molar-refractivity contribution in [2.45, 2.75) is 27.2 Å². The second kappa shape index (κ2) is 4.43. The molecule has 0 aromatic heterocycles. The quantitative estimate of drug-likeness (QED) is 0.777. The van der Waals surface area contributed by atoms with Crippen LogP contribution in [0.3, 0.4) is 0 Å². The summed E-state index contributed by atoms with van der Waals surface area (Å²) < 4.78 is 0. The lowest BCUT2D eigenvalue weighted by Crippen LogP contribution is -2.05. The topological polar surface area (TPSA) is 26.0 Å². The molecule has 0 fully saturated rings. The Kier molecular flexibility index (Phi) is 3.48. The van der Waals surface area contributed by atoms with Gasteiger partial charge in [-0.25, -0.2) is 0 Å². The molecule has 1 nitrogen and oxygen atoms in total. The van der Waals surface area contributed by atoms with E-state index >= 15 is 0 Å². The molecule has 0 saturated carbocycles. The van der Waals surface area contributed by atoms with Crippen molar-refractivity contribution in [3.63, 3.8) is 0 Å². The van der Waals surface area contributed by atoms with E-state index in [9.17, 15) is 0 Å². The lowest BCUT2D eigenvalue weighted by Gasteiger charge is -2.11. The van der Waals surface area contributed by atoms with E-state index in [1.54, 1.807) is 0 Å². The average molecular weight is 189 g/mol. The number of rotatable bonds is 3. The first kappa shape index (κ1) is 11.0. The molecule has 0 heterocycles. The first-order valence-corrected chi connectivity index (χ1v) is 5.02. The molecule has 1 heteroatoms. The van der Waals surface area contributed by atoms with Crippen LogP contribution in [0.15, 0.2) is 18.7 Å². The third-order valence-corrected chi connectivity index (χ3v) is 2.56. The fourth-order valence-electron chi connectivity index (χ4n) is 1.78. The van der Waals surface area contributed by atoms with Crippen LogP contribution in [0.25, 0.3) is 5.57 Å². The smallest absolute Gasteiger partial charge is 0.00366 e. The first-order chi connectivity index (χ1) is 6.56. The zero-order valence-corrected chi connectivity index (χ0v) is 9.35. The Bertz CT molecular complexity index is 350. The summed E-state index contributed by atoms with van der Waals surface area (Å²) in [4.78, 5) is 0. The van der Waals surface area contributed by atoms with E-state index in [0.717, 1.165) is 12.0 Å². The summed E-state index contributed by atoms with van der Waals surface area (Å²) in [5.41, 5.74) is 11.9. The van der Waals surface area contributed by atoms with E-state index in [4.69, 9.17) is 5.73 Å². The maximum atomic E-state index is 5.57. The highest BCUT2D eigenvalue weighted by Gasteiger charge is 2.04. The largest absolute Gasteiger partial charge is 0.330 e. The number of aryl methyl sites for hydroxylation is 2. The molecule has 1 rings (SSSR count). The molecular weight excluding hydrogens is 170 g/mol. The molecule has 0 unspecified atom stereocenters. The molecule has 0 amide bonds. The lowest BCUT2D eigenvalue weighted by atomic mass is 9.95. The Morgan fingerprint density at radius 2 is 1.93 bits per heavy atom. The molecule has 1 aromatic rings. The minimum atomic E-state index is 0.708. The number of allylic oxidation sites excluding steroid dienone is 1. The van der Waals surface area contributed by atoms with Gasteiger partial charge < -0.3 is 5.73 Å². The SMILES string of the molecule is C=C(C)c1cc(CCN)c(C)cc1C. The van der Waals surface area contributed by atoms with Crippen molar-refractivity contribution in [2.24, 2.45) is 5.73 Å². The van der Waals surface area contributed by atoms with E-state index in [1.807, 2.05) is 6.92 Å². The van der Waals surface area contributed by atoms with Crippen LogP contribution in [0.2, 0.25) is 0 Å². The van der Waals surface area contributed by atoms with Gasteiger partial charge in [0.2, 0.25) is 0 Å². The fourth-order valence-corrected chi connectivity index (χ4v) is 1.78. The van der Waals surface area contributed by atoms with Crippen LogP contribution in [0.1, 0.15) is 29.2 Å². The maximum absolute atomic E-state index is 5.57. The minimum Gasteiger partial charge on any atom is -0.330 e. The van der Waals surface area contributed by atoms with Gasteiger partial charge in [-0.1, -0.05) is 24.3 Å². The zero-order valence-electron chi connectivity index (χ0n) is 9.35. The summed E-state index contributed by atoms with van der Waals surface area (Å²) in [6.07, 6.45) is 0.951. The third kappa shape index (κ3) is 2.24. The summed E-state index contributed by atoms with van der Waals surface area (Å²) in [5.74, 6) is 0. The predicted octanol–water partition coefficient (Wildman–Crippen LogP) is 2.84. The monoisotopic (exact) mass is 189 g/mol. The summed E-state index contributed by atoms with van der Waals surface area (Å²) in [5, 5.41) is 0. The van der Waals surface area contributed by atoms with E-state index in [-0.39, 0.29) is 0 Å². The van der Waals surface area contributed by atoms with Crippen LogP contribution in [0.4, 0.5) is 0 Å². The summed E-state index contributed by atoms with van der Waals surface area (Å²) >= 11 is 0. The van der Waals surface area contributed by atoms with Gasteiger partial charge in [-0.15, -0.1) is 0 Å². The Labute approximate surface area is 86.6 Å². The summed E-state index contributed by atoms with van der Waals surface area (Å²) in [6, 6.07) is 4.44. The predicted molar refractivity (Wildman–Crippen MR) is 63.4 cm³/mol. The molecule has 1 aromatic carbocycles. The third-order valence-electron chi connectivity index (χ3n) is 2.56. The molecule has 0 aliphatic heterocycles. The van der Waals surface area contributed by atoms with Gasteiger partial charge in [0.1, 0.15) is 0 Å². The average Bonchev–Trinajstić information content (AvgIpc) is 2.09. The van der Waals surface area contributed by atoms with Gasteiger partial charge >= 0.3 is 0 Å². The summed E-state index contributed by atoms with van der Waals surface area (Å²) in [6.45, 7) is 11.0. The van der Waals surface area contributed by atoms with E-state index in [0.29, 0.717) is 6.54 Å².